The van der Waals surface area contributed by atoms with Gasteiger partial charge in [0.2, 0.25) is 6.79 Å². The van der Waals surface area contributed by atoms with E-state index in [1.807, 2.05) is 12.1 Å². The van der Waals surface area contributed by atoms with Gasteiger partial charge in [-0.3, -0.25) is 0 Å². The quantitative estimate of drug-likeness (QED) is 0.886. The third-order valence-corrected chi connectivity index (χ3v) is 3.40. The molecule has 21 heavy (non-hydrogen) atoms. The molecule has 4 heteroatoms. The fourth-order valence-corrected chi connectivity index (χ4v) is 2.40. The van der Waals surface area contributed by atoms with E-state index in [4.69, 9.17) is 14.2 Å². The topological polar surface area (TPSA) is 39.7 Å². The average Bonchev–Trinajstić information content (AvgIpc) is 2.96. The minimum absolute atomic E-state index is 0.318. The fraction of sp³-hybridized carbons (Fsp3) is 0.294. The zero-order valence-electron chi connectivity index (χ0n) is 12.1. The van der Waals surface area contributed by atoms with Crippen LogP contribution < -0.4 is 14.8 Å². The summed E-state index contributed by atoms with van der Waals surface area (Å²) < 4.78 is 15.8. The molecule has 0 radical (unpaired) electrons. The number of hydrogen-bond donors (Lipinski definition) is 1. The molecule has 110 valence electrons. The van der Waals surface area contributed by atoms with E-state index in [2.05, 4.69) is 35.6 Å². The molecule has 0 amide bonds. The highest BCUT2D eigenvalue weighted by Gasteiger charge is 2.12. The highest BCUT2D eigenvalue weighted by molar-refractivity contribution is 5.44. The van der Waals surface area contributed by atoms with Gasteiger partial charge in [-0.05, 0) is 28.8 Å². The van der Waals surface area contributed by atoms with Crippen molar-refractivity contribution in [3.63, 3.8) is 0 Å². The third-order valence-electron chi connectivity index (χ3n) is 3.40. The Morgan fingerprint density at radius 3 is 2.57 bits per heavy atom. The number of nitrogens with one attached hydrogen (secondary N) is 1. The van der Waals surface area contributed by atoms with Crippen molar-refractivity contribution in [2.75, 3.05) is 13.9 Å². The molecule has 2 aromatic rings. The summed E-state index contributed by atoms with van der Waals surface area (Å²) in [5.41, 5.74) is 3.64. The van der Waals surface area contributed by atoms with Crippen molar-refractivity contribution in [1.29, 1.82) is 0 Å². The minimum Gasteiger partial charge on any atom is -0.454 e. The lowest BCUT2D eigenvalue weighted by Crippen LogP contribution is -2.12. The highest BCUT2D eigenvalue weighted by atomic mass is 16.7. The van der Waals surface area contributed by atoms with E-state index in [9.17, 15) is 0 Å². The zero-order valence-corrected chi connectivity index (χ0v) is 12.1. The SMILES string of the molecule is COCc1cccc(CNCc2ccc3c(c2)OCO3)c1. The first kappa shape index (κ1) is 13.9. The lowest BCUT2D eigenvalue weighted by Gasteiger charge is -2.07. The predicted octanol–water partition coefficient (Wildman–Crippen LogP) is 2.85. The second kappa shape index (κ2) is 6.61. The van der Waals surface area contributed by atoms with Crippen LogP contribution in [0, 0.1) is 0 Å². The number of benzene rings is 2. The summed E-state index contributed by atoms with van der Waals surface area (Å²) in [7, 11) is 1.71. The second-order valence-corrected chi connectivity index (χ2v) is 5.04. The molecule has 0 unspecified atom stereocenters. The molecular weight excluding hydrogens is 266 g/mol. The fourth-order valence-electron chi connectivity index (χ4n) is 2.40. The normalized spacial score (nSPS) is 12.6. The van der Waals surface area contributed by atoms with Gasteiger partial charge in [0.05, 0.1) is 6.61 Å². The van der Waals surface area contributed by atoms with E-state index in [1.54, 1.807) is 7.11 Å². The number of ether oxygens (including phenoxy) is 3. The Bertz CT molecular complexity index is 613. The minimum atomic E-state index is 0.318. The number of methoxy groups -OCH3 is 1. The first-order valence-corrected chi connectivity index (χ1v) is 7.01. The Balaban J connectivity index is 1.55. The van der Waals surface area contributed by atoms with Gasteiger partial charge >= 0.3 is 0 Å². The van der Waals surface area contributed by atoms with Crippen LogP contribution in [-0.2, 0) is 24.4 Å². The van der Waals surface area contributed by atoms with E-state index in [0.717, 1.165) is 24.6 Å². The maximum Gasteiger partial charge on any atom is 0.231 e. The van der Waals surface area contributed by atoms with Gasteiger partial charge in [0.25, 0.3) is 0 Å². The van der Waals surface area contributed by atoms with E-state index in [-0.39, 0.29) is 0 Å². The lowest BCUT2D eigenvalue weighted by molar-refractivity contribution is 0.174. The molecule has 0 saturated heterocycles. The van der Waals surface area contributed by atoms with Crippen LogP contribution in [0.25, 0.3) is 0 Å². The van der Waals surface area contributed by atoms with E-state index < -0.39 is 0 Å². The van der Waals surface area contributed by atoms with E-state index >= 15 is 0 Å². The molecule has 0 saturated carbocycles. The predicted molar refractivity (Wildman–Crippen MR) is 80.3 cm³/mol. The van der Waals surface area contributed by atoms with Crippen molar-refractivity contribution in [3.05, 3.63) is 59.2 Å². The molecule has 0 spiro atoms. The number of fused-ring (bicyclic) bond motifs is 1. The molecule has 1 aliphatic heterocycles. The molecule has 1 aliphatic rings. The number of rotatable bonds is 6. The molecule has 0 aromatic heterocycles. The maximum absolute atomic E-state index is 5.38. The summed E-state index contributed by atoms with van der Waals surface area (Å²) in [6.07, 6.45) is 0. The van der Waals surface area contributed by atoms with Gasteiger partial charge in [-0.15, -0.1) is 0 Å². The molecule has 0 atom stereocenters. The van der Waals surface area contributed by atoms with Gasteiger partial charge in [0.1, 0.15) is 0 Å². The van der Waals surface area contributed by atoms with Crippen molar-refractivity contribution in [3.8, 4) is 11.5 Å². The Kier molecular flexibility index (Phi) is 4.38. The van der Waals surface area contributed by atoms with E-state index in [0.29, 0.717) is 13.4 Å². The van der Waals surface area contributed by atoms with Crippen molar-refractivity contribution in [2.24, 2.45) is 0 Å². The maximum atomic E-state index is 5.38. The average molecular weight is 285 g/mol. The van der Waals surface area contributed by atoms with Gasteiger partial charge in [-0.2, -0.15) is 0 Å². The molecule has 4 nitrogen and oxygen atoms in total. The highest BCUT2D eigenvalue weighted by Crippen LogP contribution is 2.32. The van der Waals surface area contributed by atoms with Crippen LogP contribution in [-0.4, -0.2) is 13.9 Å². The molecule has 1 heterocycles. The van der Waals surface area contributed by atoms with Gasteiger partial charge in [-0.25, -0.2) is 0 Å². The first-order valence-electron chi connectivity index (χ1n) is 7.01. The van der Waals surface area contributed by atoms with Gasteiger partial charge in [-0.1, -0.05) is 30.3 Å². The van der Waals surface area contributed by atoms with Crippen LogP contribution in [0.3, 0.4) is 0 Å². The summed E-state index contributed by atoms with van der Waals surface area (Å²) in [5, 5.41) is 3.44. The Hall–Kier alpha value is -2.04. The summed E-state index contributed by atoms with van der Waals surface area (Å²) in [6, 6.07) is 14.5. The summed E-state index contributed by atoms with van der Waals surface area (Å²) in [6.45, 7) is 2.59. The molecule has 2 aromatic carbocycles. The Morgan fingerprint density at radius 2 is 1.71 bits per heavy atom. The van der Waals surface area contributed by atoms with Gasteiger partial charge in [0, 0.05) is 20.2 Å². The van der Waals surface area contributed by atoms with Crippen LogP contribution in [0.15, 0.2) is 42.5 Å². The number of hydrogen-bond acceptors (Lipinski definition) is 4. The largest absolute Gasteiger partial charge is 0.454 e. The van der Waals surface area contributed by atoms with Crippen LogP contribution in [0.1, 0.15) is 16.7 Å². The molecular formula is C17H19NO3. The van der Waals surface area contributed by atoms with Crippen molar-refractivity contribution in [2.45, 2.75) is 19.7 Å². The van der Waals surface area contributed by atoms with Crippen molar-refractivity contribution < 1.29 is 14.2 Å². The Labute approximate surface area is 124 Å². The summed E-state index contributed by atoms with van der Waals surface area (Å²) in [5.74, 6) is 1.66. The standard InChI is InChI=1S/C17H19NO3/c1-19-11-15-4-2-3-13(7-15)9-18-10-14-5-6-16-17(8-14)21-12-20-16/h2-8,18H,9-12H2,1H3. The second-order valence-electron chi connectivity index (χ2n) is 5.04. The molecule has 0 aliphatic carbocycles. The van der Waals surface area contributed by atoms with Gasteiger partial charge < -0.3 is 19.5 Å². The molecule has 3 rings (SSSR count). The van der Waals surface area contributed by atoms with Crippen molar-refractivity contribution in [1.82, 2.24) is 5.32 Å². The van der Waals surface area contributed by atoms with Crippen molar-refractivity contribution >= 4 is 0 Å². The molecule has 0 fully saturated rings. The van der Waals surface area contributed by atoms with E-state index in [1.165, 1.54) is 16.7 Å². The van der Waals surface area contributed by atoms with Crippen LogP contribution in [0.2, 0.25) is 0 Å². The zero-order chi connectivity index (χ0) is 14.5. The van der Waals surface area contributed by atoms with Gasteiger partial charge in [0.15, 0.2) is 11.5 Å². The van der Waals surface area contributed by atoms with Crippen LogP contribution >= 0.6 is 0 Å². The smallest absolute Gasteiger partial charge is 0.231 e. The van der Waals surface area contributed by atoms with Crippen LogP contribution in [0.5, 0.6) is 11.5 Å². The summed E-state index contributed by atoms with van der Waals surface area (Å²) in [4.78, 5) is 0. The third kappa shape index (κ3) is 3.54. The molecule has 0 bridgehead atoms. The Morgan fingerprint density at radius 1 is 0.952 bits per heavy atom. The molecule has 1 N–H and O–H groups in total. The summed E-state index contributed by atoms with van der Waals surface area (Å²) >= 11 is 0. The lowest BCUT2D eigenvalue weighted by atomic mass is 10.1. The monoisotopic (exact) mass is 285 g/mol. The first-order chi connectivity index (χ1) is 10.3. The van der Waals surface area contributed by atoms with Crippen LogP contribution in [0.4, 0.5) is 0 Å².